The number of carbonyl (C=O) groups excluding carboxylic acids is 2. The summed E-state index contributed by atoms with van der Waals surface area (Å²) in [6.07, 6.45) is 0. The van der Waals surface area contributed by atoms with Gasteiger partial charge in [0.15, 0.2) is 0 Å². The first-order valence-corrected chi connectivity index (χ1v) is 4.24. The molecule has 0 radical (unpaired) electrons. The van der Waals surface area contributed by atoms with Crippen LogP contribution in [-0.2, 0) is 9.59 Å². The second kappa shape index (κ2) is 6.42. The first-order chi connectivity index (χ1) is 6.06. The third kappa shape index (κ3) is 7.27. The monoisotopic (exact) mass is 187 g/mol. The molecule has 0 fully saturated rings. The molecule has 0 aliphatic heterocycles. The third-order valence-electron chi connectivity index (χ3n) is 1.60. The van der Waals surface area contributed by atoms with Gasteiger partial charge < -0.3 is 16.0 Å². The van der Waals surface area contributed by atoms with Gasteiger partial charge in [0, 0.05) is 19.5 Å². The predicted molar refractivity (Wildman–Crippen MR) is 50.2 cm³/mol. The van der Waals surface area contributed by atoms with Crippen LogP contribution in [0.1, 0.15) is 13.8 Å². The fraction of sp³-hybridized carbons (Fsp3) is 0.750. The molecule has 13 heavy (non-hydrogen) atoms. The fourth-order valence-corrected chi connectivity index (χ4v) is 0.636. The van der Waals surface area contributed by atoms with Crippen LogP contribution >= 0.6 is 0 Å². The number of hydrogen-bond acceptors (Lipinski definition) is 3. The van der Waals surface area contributed by atoms with Crippen LogP contribution in [-0.4, -0.2) is 38.0 Å². The van der Waals surface area contributed by atoms with E-state index in [0.717, 1.165) is 0 Å². The highest BCUT2D eigenvalue weighted by Gasteiger charge is 2.03. The molecular formula is C8H17N3O2. The summed E-state index contributed by atoms with van der Waals surface area (Å²) < 4.78 is 0. The SMILES string of the molecule is CNC(C)CNC(=O)CNC(C)=O. The van der Waals surface area contributed by atoms with Crippen molar-refractivity contribution in [1.82, 2.24) is 16.0 Å². The Hall–Kier alpha value is -1.10. The van der Waals surface area contributed by atoms with Crippen LogP contribution in [0.4, 0.5) is 0 Å². The zero-order valence-electron chi connectivity index (χ0n) is 8.31. The molecule has 2 amide bonds. The molecule has 0 aromatic heterocycles. The number of hydrogen-bond donors (Lipinski definition) is 3. The van der Waals surface area contributed by atoms with Crippen molar-refractivity contribution in [3.8, 4) is 0 Å². The highest BCUT2D eigenvalue weighted by atomic mass is 16.2. The van der Waals surface area contributed by atoms with Crippen molar-refractivity contribution in [3.05, 3.63) is 0 Å². The van der Waals surface area contributed by atoms with Crippen molar-refractivity contribution in [2.75, 3.05) is 20.1 Å². The van der Waals surface area contributed by atoms with Crippen molar-refractivity contribution in [3.63, 3.8) is 0 Å². The lowest BCUT2D eigenvalue weighted by atomic mass is 10.3. The lowest BCUT2D eigenvalue weighted by Crippen LogP contribution is -2.41. The zero-order chi connectivity index (χ0) is 10.3. The van der Waals surface area contributed by atoms with Gasteiger partial charge in [0.1, 0.15) is 0 Å². The van der Waals surface area contributed by atoms with Crippen LogP contribution < -0.4 is 16.0 Å². The molecule has 0 heterocycles. The number of rotatable bonds is 5. The molecule has 1 atom stereocenters. The molecule has 0 aliphatic rings. The van der Waals surface area contributed by atoms with Crippen LogP contribution in [0, 0.1) is 0 Å². The van der Waals surface area contributed by atoms with Gasteiger partial charge in [-0.05, 0) is 14.0 Å². The van der Waals surface area contributed by atoms with E-state index in [-0.39, 0.29) is 24.4 Å². The standard InChI is InChI=1S/C8H17N3O2/c1-6(9-3)4-11-8(13)5-10-7(2)12/h6,9H,4-5H2,1-3H3,(H,10,12)(H,11,13). The van der Waals surface area contributed by atoms with Crippen LogP contribution in [0.2, 0.25) is 0 Å². The molecular weight excluding hydrogens is 170 g/mol. The summed E-state index contributed by atoms with van der Waals surface area (Å²) in [7, 11) is 1.82. The minimum atomic E-state index is -0.197. The normalized spacial score (nSPS) is 11.9. The predicted octanol–water partition coefficient (Wildman–Crippen LogP) is -1.15. The van der Waals surface area contributed by atoms with Crippen molar-refractivity contribution < 1.29 is 9.59 Å². The topological polar surface area (TPSA) is 70.2 Å². The van der Waals surface area contributed by atoms with Gasteiger partial charge in [-0.15, -0.1) is 0 Å². The summed E-state index contributed by atoms with van der Waals surface area (Å²) in [4.78, 5) is 21.5. The van der Waals surface area contributed by atoms with E-state index in [0.29, 0.717) is 6.54 Å². The molecule has 0 bridgehead atoms. The Bertz CT molecular complexity index is 182. The highest BCUT2D eigenvalue weighted by molar-refractivity contribution is 5.83. The Labute approximate surface area is 78.3 Å². The molecule has 0 aromatic rings. The molecule has 0 rings (SSSR count). The summed E-state index contributed by atoms with van der Waals surface area (Å²) in [5.41, 5.74) is 0. The van der Waals surface area contributed by atoms with E-state index < -0.39 is 0 Å². The van der Waals surface area contributed by atoms with Crippen LogP contribution in [0.5, 0.6) is 0 Å². The van der Waals surface area contributed by atoms with E-state index in [1.807, 2.05) is 14.0 Å². The van der Waals surface area contributed by atoms with E-state index in [1.54, 1.807) is 0 Å². The summed E-state index contributed by atoms with van der Waals surface area (Å²) >= 11 is 0. The number of likely N-dealkylation sites (N-methyl/N-ethyl adjacent to an activating group) is 1. The molecule has 0 spiro atoms. The van der Waals surface area contributed by atoms with Crippen LogP contribution in [0.25, 0.3) is 0 Å². The first kappa shape index (κ1) is 11.9. The van der Waals surface area contributed by atoms with E-state index in [2.05, 4.69) is 16.0 Å². The maximum atomic E-state index is 11.0. The highest BCUT2D eigenvalue weighted by Crippen LogP contribution is 1.75. The summed E-state index contributed by atoms with van der Waals surface area (Å²) in [6.45, 7) is 3.95. The molecule has 0 aromatic carbocycles. The van der Waals surface area contributed by atoms with E-state index in [1.165, 1.54) is 6.92 Å². The Balaban J connectivity index is 3.46. The minimum absolute atomic E-state index is 0.0474. The van der Waals surface area contributed by atoms with E-state index >= 15 is 0 Å². The molecule has 0 saturated carbocycles. The fourth-order valence-electron chi connectivity index (χ4n) is 0.636. The van der Waals surface area contributed by atoms with Crippen LogP contribution in [0.3, 0.4) is 0 Å². The van der Waals surface area contributed by atoms with Gasteiger partial charge in [0.2, 0.25) is 11.8 Å². The van der Waals surface area contributed by atoms with Gasteiger partial charge in [-0.2, -0.15) is 0 Å². The molecule has 5 nitrogen and oxygen atoms in total. The lowest BCUT2D eigenvalue weighted by Gasteiger charge is -2.11. The van der Waals surface area contributed by atoms with Gasteiger partial charge in [-0.3, -0.25) is 9.59 Å². The molecule has 76 valence electrons. The van der Waals surface area contributed by atoms with Gasteiger partial charge in [-0.1, -0.05) is 0 Å². The number of nitrogens with one attached hydrogen (secondary N) is 3. The quantitative estimate of drug-likeness (QED) is 0.509. The zero-order valence-corrected chi connectivity index (χ0v) is 8.31. The van der Waals surface area contributed by atoms with Gasteiger partial charge in [0.25, 0.3) is 0 Å². The maximum Gasteiger partial charge on any atom is 0.239 e. The van der Waals surface area contributed by atoms with E-state index in [9.17, 15) is 9.59 Å². The summed E-state index contributed by atoms with van der Waals surface area (Å²) in [6, 6.07) is 0.237. The van der Waals surface area contributed by atoms with Crippen molar-refractivity contribution in [1.29, 1.82) is 0 Å². The average molecular weight is 187 g/mol. The van der Waals surface area contributed by atoms with Gasteiger partial charge >= 0.3 is 0 Å². The minimum Gasteiger partial charge on any atom is -0.353 e. The summed E-state index contributed by atoms with van der Waals surface area (Å²) in [5, 5.41) is 8.07. The van der Waals surface area contributed by atoms with Crippen molar-refractivity contribution in [2.24, 2.45) is 0 Å². The van der Waals surface area contributed by atoms with Crippen molar-refractivity contribution in [2.45, 2.75) is 19.9 Å². The largest absolute Gasteiger partial charge is 0.353 e. The van der Waals surface area contributed by atoms with Crippen molar-refractivity contribution >= 4 is 11.8 Å². The Morgan fingerprint density at radius 3 is 2.38 bits per heavy atom. The third-order valence-corrected chi connectivity index (χ3v) is 1.60. The molecule has 0 aliphatic carbocycles. The average Bonchev–Trinajstić information content (AvgIpc) is 2.10. The Morgan fingerprint density at radius 2 is 1.92 bits per heavy atom. The molecule has 0 saturated heterocycles. The smallest absolute Gasteiger partial charge is 0.239 e. The van der Waals surface area contributed by atoms with Crippen LogP contribution in [0.15, 0.2) is 0 Å². The number of carbonyl (C=O) groups is 2. The number of amides is 2. The molecule has 3 N–H and O–H groups in total. The second-order valence-electron chi connectivity index (χ2n) is 2.90. The van der Waals surface area contributed by atoms with E-state index in [4.69, 9.17) is 0 Å². The maximum absolute atomic E-state index is 11.0. The molecule has 5 heteroatoms. The Morgan fingerprint density at radius 1 is 1.31 bits per heavy atom. The van der Waals surface area contributed by atoms with Gasteiger partial charge in [0.05, 0.1) is 6.54 Å². The Kier molecular flexibility index (Phi) is 5.88. The lowest BCUT2D eigenvalue weighted by molar-refractivity contribution is -0.125. The first-order valence-electron chi connectivity index (χ1n) is 4.24. The second-order valence-corrected chi connectivity index (χ2v) is 2.90. The molecule has 1 unspecified atom stereocenters. The van der Waals surface area contributed by atoms with Gasteiger partial charge in [-0.25, -0.2) is 0 Å². The summed E-state index contributed by atoms with van der Waals surface area (Å²) in [5.74, 6) is -0.367.